The van der Waals surface area contributed by atoms with E-state index in [1.165, 1.54) is 11.9 Å². The number of aromatic nitrogens is 2. The number of piperidine rings is 1. The van der Waals surface area contributed by atoms with Crippen molar-refractivity contribution < 1.29 is 9.47 Å². The van der Waals surface area contributed by atoms with Gasteiger partial charge >= 0.3 is 0 Å². The van der Waals surface area contributed by atoms with Gasteiger partial charge in [0.2, 0.25) is 0 Å². The van der Waals surface area contributed by atoms with Crippen molar-refractivity contribution >= 4 is 23.1 Å². The molecular formula is C34H43N5O2. The number of fused-ring (bicyclic) bond motifs is 1. The molecule has 2 aromatic rings. The van der Waals surface area contributed by atoms with Gasteiger partial charge < -0.3 is 19.8 Å². The van der Waals surface area contributed by atoms with E-state index >= 15 is 0 Å². The minimum atomic E-state index is -0.525. The molecule has 41 heavy (non-hydrogen) atoms. The van der Waals surface area contributed by atoms with Gasteiger partial charge in [0.05, 0.1) is 47.9 Å². The lowest BCUT2D eigenvalue weighted by atomic mass is 9.88. The molecule has 5 rings (SSSR count). The van der Waals surface area contributed by atoms with E-state index in [0.29, 0.717) is 25.7 Å². The van der Waals surface area contributed by atoms with E-state index < -0.39 is 5.60 Å². The Bertz CT molecular complexity index is 1440. The number of nitrogens with one attached hydrogen (secondary N) is 1. The van der Waals surface area contributed by atoms with Gasteiger partial charge in [-0.2, -0.15) is 0 Å². The Labute approximate surface area is 244 Å². The summed E-state index contributed by atoms with van der Waals surface area (Å²) in [4.78, 5) is 12.4. The van der Waals surface area contributed by atoms with Crippen LogP contribution in [0.2, 0.25) is 0 Å². The molecule has 1 N–H and O–H groups in total. The highest BCUT2D eigenvalue weighted by Gasteiger charge is 2.39. The van der Waals surface area contributed by atoms with Crippen molar-refractivity contribution in [3.05, 3.63) is 90.5 Å². The lowest BCUT2D eigenvalue weighted by Gasteiger charge is -2.40. The lowest BCUT2D eigenvalue weighted by molar-refractivity contribution is -0.139. The highest BCUT2D eigenvalue weighted by Crippen LogP contribution is 2.33. The van der Waals surface area contributed by atoms with Crippen LogP contribution >= 0.6 is 0 Å². The average Bonchev–Trinajstić information content (AvgIpc) is 3.26. The van der Waals surface area contributed by atoms with Crippen LogP contribution in [-0.2, 0) is 15.1 Å². The molecule has 0 radical (unpaired) electrons. The zero-order chi connectivity index (χ0) is 29.2. The Morgan fingerprint density at radius 3 is 2.66 bits per heavy atom. The van der Waals surface area contributed by atoms with Gasteiger partial charge in [0, 0.05) is 25.0 Å². The molecule has 1 aromatic carbocycles. The molecule has 0 amide bonds. The first-order chi connectivity index (χ1) is 19.6. The normalized spacial score (nSPS) is 21.6. The van der Waals surface area contributed by atoms with Gasteiger partial charge in [-0.25, -0.2) is 4.98 Å². The van der Waals surface area contributed by atoms with Crippen LogP contribution in [0.25, 0.3) is 11.0 Å². The molecule has 3 heterocycles. The van der Waals surface area contributed by atoms with Gasteiger partial charge in [-0.1, -0.05) is 36.4 Å². The Morgan fingerprint density at radius 1 is 1.27 bits per heavy atom. The largest absolute Gasteiger partial charge is 0.379 e. The number of aliphatic imine (C=N–C) groups is 1. The summed E-state index contributed by atoms with van der Waals surface area (Å²) >= 11 is 0. The van der Waals surface area contributed by atoms with Gasteiger partial charge in [0.25, 0.3) is 0 Å². The number of nitrogens with zero attached hydrogens (tertiary/aromatic N) is 4. The lowest BCUT2D eigenvalue weighted by Crippen LogP contribution is -2.48. The Hall–Kier alpha value is -3.55. The fraction of sp³-hybridized carbons (Fsp3) is 0.441. The van der Waals surface area contributed by atoms with Gasteiger partial charge in [-0.05, 0) is 81.9 Å². The maximum Gasteiger partial charge on any atom is 0.107 e. The monoisotopic (exact) mass is 553 g/mol. The van der Waals surface area contributed by atoms with Crippen LogP contribution in [0, 0.1) is 16.7 Å². The molecule has 0 bridgehead atoms. The van der Waals surface area contributed by atoms with Crippen molar-refractivity contribution in [2.75, 3.05) is 32.9 Å². The highest BCUT2D eigenvalue weighted by atomic mass is 16.5. The first kappa shape index (κ1) is 29.0. The third-order valence-electron chi connectivity index (χ3n) is 8.64. The topological polar surface area (TPSA) is 75.7 Å². The smallest absolute Gasteiger partial charge is 0.107 e. The molecule has 3 aliphatic rings. The van der Waals surface area contributed by atoms with Gasteiger partial charge in [-0.3, -0.25) is 9.56 Å². The van der Waals surface area contributed by atoms with E-state index in [4.69, 9.17) is 24.9 Å². The first-order valence-electron chi connectivity index (χ1n) is 14.5. The van der Waals surface area contributed by atoms with Crippen molar-refractivity contribution in [2.24, 2.45) is 16.3 Å². The second-order valence-electron chi connectivity index (χ2n) is 12.2. The zero-order valence-corrected chi connectivity index (χ0v) is 24.9. The summed E-state index contributed by atoms with van der Waals surface area (Å²) in [6.07, 6.45) is 16.4. The Kier molecular flexibility index (Phi) is 8.30. The number of rotatable bonds is 9. The van der Waals surface area contributed by atoms with Gasteiger partial charge in [-0.15, -0.1) is 6.58 Å². The van der Waals surface area contributed by atoms with Crippen molar-refractivity contribution in [2.45, 2.75) is 52.2 Å². The maximum atomic E-state index is 7.76. The summed E-state index contributed by atoms with van der Waals surface area (Å²) in [6.45, 7) is 20.0. The quantitative estimate of drug-likeness (QED) is 0.220. The molecule has 7 heteroatoms. The van der Waals surface area contributed by atoms with Gasteiger partial charge in [0.1, 0.15) is 12.2 Å². The SMILES string of the molecule is C=CC1CCN(C2=CC(N=C(C)n3cnc4cc(C(C)(C)OCC5(C=N)COC5)ccc43)C(C(=C)C)=CC=C2)CC1. The fourth-order valence-corrected chi connectivity index (χ4v) is 5.65. The summed E-state index contributed by atoms with van der Waals surface area (Å²) in [5.41, 5.74) is 5.43. The van der Waals surface area contributed by atoms with Crippen LogP contribution in [0.1, 0.15) is 46.1 Å². The third kappa shape index (κ3) is 6.07. The summed E-state index contributed by atoms with van der Waals surface area (Å²) in [6, 6.07) is 6.14. The number of hydrogen-bond acceptors (Lipinski definition) is 6. The van der Waals surface area contributed by atoms with E-state index in [2.05, 4.69) is 85.1 Å². The maximum absolute atomic E-state index is 7.76. The second-order valence-corrected chi connectivity index (χ2v) is 12.2. The molecule has 1 unspecified atom stereocenters. The Morgan fingerprint density at radius 2 is 2.02 bits per heavy atom. The molecule has 2 saturated heterocycles. The van der Waals surface area contributed by atoms with E-state index in [1.807, 2.05) is 20.2 Å². The van der Waals surface area contributed by atoms with Crippen LogP contribution < -0.4 is 0 Å². The van der Waals surface area contributed by atoms with Crippen LogP contribution in [0.3, 0.4) is 0 Å². The zero-order valence-electron chi connectivity index (χ0n) is 24.9. The molecule has 2 fully saturated rings. The molecule has 7 nitrogen and oxygen atoms in total. The van der Waals surface area contributed by atoms with Crippen LogP contribution in [0.5, 0.6) is 0 Å². The molecule has 216 valence electrons. The fourth-order valence-electron chi connectivity index (χ4n) is 5.65. The van der Waals surface area contributed by atoms with Crippen LogP contribution in [0.15, 0.2) is 89.9 Å². The summed E-state index contributed by atoms with van der Waals surface area (Å²) in [5.74, 6) is 1.47. The second kappa shape index (κ2) is 11.7. The number of allylic oxidation sites excluding steroid dienone is 4. The molecule has 1 atom stereocenters. The molecular weight excluding hydrogens is 510 g/mol. The Balaban J connectivity index is 1.39. The number of imidazole rings is 1. The molecule has 1 aliphatic carbocycles. The number of hydrogen-bond donors (Lipinski definition) is 1. The van der Waals surface area contributed by atoms with Crippen molar-refractivity contribution in [3.8, 4) is 0 Å². The number of ether oxygens (including phenoxy) is 2. The van der Waals surface area contributed by atoms with E-state index in [1.54, 1.807) is 0 Å². The minimum Gasteiger partial charge on any atom is -0.379 e. The molecule has 2 aliphatic heterocycles. The summed E-state index contributed by atoms with van der Waals surface area (Å²) in [7, 11) is 0. The number of likely N-dealkylation sites (tertiary alicyclic amines) is 1. The van der Waals surface area contributed by atoms with E-state index in [9.17, 15) is 0 Å². The predicted octanol–water partition coefficient (Wildman–Crippen LogP) is 6.44. The van der Waals surface area contributed by atoms with Gasteiger partial charge in [0.15, 0.2) is 0 Å². The molecule has 1 aromatic heterocycles. The summed E-state index contributed by atoms with van der Waals surface area (Å²) in [5, 5.41) is 7.76. The third-order valence-corrected chi connectivity index (χ3v) is 8.64. The summed E-state index contributed by atoms with van der Waals surface area (Å²) < 4.78 is 13.7. The van der Waals surface area contributed by atoms with E-state index in [-0.39, 0.29) is 11.5 Å². The minimum absolute atomic E-state index is 0.143. The average molecular weight is 554 g/mol. The molecule has 0 saturated carbocycles. The van der Waals surface area contributed by atoms with Crippen LogP contribution in [0.4, 0.5) is 0 Å². The first-order valence-corrected chi connectivity index (χ1v) is 14.5. The van der Waals surface area contributed by atoms with Crippen LogP contribution in [-0.4, -0.2) is 65.5 Å². The van der Waals surface area contributed by atoms with Crippen molar-refractivity contribution in [1.82, 2.24) is 14.5 Å². The predicted molar refractivity (Wildman–Crippen MR) is 168 cm³/mol. The van der Waals surface area contributed by atoms with Crippen molar-refractivity contribution in [3.63, 3.8) is 0 Å². The highest BCUT2D eigenvalue weighted by molar-refractivity contribution is 5.92. The van der Waals surface area contributed by atoms with Crippen molar-refractivity contribution in [1.29, 1.82) is 5.41 Å². The standard InChI is InChI=1S/C34H43N5O2/c1-7-26-13-15-38(16-14-26)28-9-8-10-29(24(2)3)30(18-28)37-25(4)39-23-36-31-17-27(11-12-32(31)39)33(5,6)41-22-34(19-35)20-40-21-34/h7-12,17-19,23,26,30,35H,1-2,13-16,20-22H2,3-6H3. The van der Waals surface area contributed by atoms with E-state index in [0.717, 1.165) is 59.5 Å². The number of benzene rings is 1. The molecule has 0 spiro atoms.